The Bertz CT molecular complexity index is 814. The lowest BCUT2D eigenvalue weighted by Gasteiger charge is -2.15. The minimum atomic E-state index is 0.960. The quantitative estimate of drug-likeness (QED) is 0.684. The summed E-state index contributed by atoms with van der Waals surface area (Å²) in [5.41, 5.74) is 14.8. The number of fused-ring (bicyclic) bond motifs is 2. The van der Waals surface area contributed by atoms with Crippen LogP contribution >= 0.6 is 0 Å². The van der Waals surface area contributed by atoms with Gasteiger partial charge in [0.25, 0.3) is 0 Å². The molecule has 0 radical (unpaired) electrons. The van der Waals surface area contributed by atoms with Crippen LogP contribution in [0.4, 0.5) is 5.69 Å². The van der Waals surface area contributed by atoms with E-state index in [1.165, 1.54) is 35.1 Å². The number of hydrogen-bond acceptors (Lipinski definition) is 2. The standard InChI is InChI=1S/C17H17N3/c1-11-9-12-3-2-4-14(12)17(18)16(11)13-5-7-20-8-6-19-15(20)10-13/h5-10H,2-4,18H2,1H3. The number of nitrogens with two attached hydrogens (primary N) is 1. The Hall–Kier alpha value is -2.29. The van der Waals surface area contributed by atoms with Gasteiger partial charge in [-0.3, -0.25) is 0 Å². The Labute approximate surface area is 118 Å². The highest BCUT2D eigenvalue weighted by atomic mass is 15.0. The van der Waals surface area contributed by atoms with Crippen molar-refractivity contribution in [2.75, 3.05) is 5.73 Å². The molecule has 2 heterocycles. The van der Waals surface area contributed by atoms with Gasteiger partial charge in [0, 0.05) is 29.8 Å². The second-order valence-electron chi connectivity index (χ2n) is 5.58. The van der Waals surface area contributed by atoms with E-state index < -0.39 is 0 Å². The summed E-state index contributed by atoms with van der Waals surface area (Å²) in [6, 6.07) is 6.54. The van der Waals surface area contributed by atoms with E-state index in [4.69, 9.17) is 5.73 Å². The molecule has 0 amide bonds. The topological polar surface area (TPSA) is 43.3 Å². The van der Waals surface area contributed by atoms with E-state index in [2.05, 4.69) is 30.1 Å². The fourth-order valence-electron chi connectivity index (χ4n) is 3.38. The Morgan fingerprint density at radius 1 is 1.20 bits per heavy atom. The van der Waals surface area contributed by atoms with E-state index in [1.807, 2.05) is 23.0 Å². The summed E-state index contributed by atoms with van der Waals surface area (Å²) < 4.78 is 2.02. The Morgan fingerprint density at radius 2 is 2.10 bits per heavy atom. The third-order valence-electron chi connectivity index (χ3n) is 4.33. The first-order valence-electron chi connectivity index (χ1n) is 7.08. The highest BCUT2D eigenvalue weighted by Gasteiger charge is 2.19. The number of benzene rings is 1. The van der Waals surface area contributed by atoms with Crippen molar-refractivity contribution >= 4 is 11.3 Å². The monoisotopic (exact) mass is 263 g/mol. The summed E-state index contributed by atoms with van der Waals surface area (Å²) in [7, 11) is 0. The van der Waals surface area contributed by atoms with Gasteiger partial charge >= 0.3 is 0 Å². The van der Waals surface area contributed by atoms with E-state index in [-0.39, 0.29) is 0 Å². The molecule has 1 aromatic carbocycles. The highest BCUT2D eigenvalue weighted by molar-refractivity contribution is 5.84. The maximum atomic E-state index is 6.46. The summed E-state index contributed by atoms with van der Waals surface area (Å²) in [5.74, 6) is 0. The molecule has 1 aliphatic rings. The number of aryl methyl sites for hydroxylation is 2. The molecule has 2 aromatic heterocycles. The van der Waals surface area contributed by atoms with Crippen LogP contribution in [0.2, 0.25) is 0 Å². The van der Waals surface area contributed by atoms with Gasteiger partial charge in [0.15, 0.2) is 0 Å². The first-order chi connectivity index (χ1) is 9.74. The molecule has 3 aromatic rings. The van der Waals surface area contributed by atoms with Crippen LogP contribution in [0.1, 0.15) is 23.1 Å². The Kier molecular flexibility index (Phi) is 2.36. The van der Waals surface area contributed by atoms with Gasteiger partial charge in [-0.2, -0.15) is 0 Å². The lowest BCUT2D eigenvalue weighted by atomic mass is 9.93. The molecule has 0 saturated carbocycles. The normalized spacial score (nSPS) is 13.8. The molecule has 0 fully saturated rings. The third-order valence-corrected chi connectivity index (χ3v) is 4.33. The fraction of sp³-hybridized carbons (Fsp3) is 0.235. The van der Waals surface area contributed by atoms with Gasteiger partial charge < -0.3 is 10.1 Å². The number of rotatable bonds is 1. The maximum Gasteiger partial charge on any atom is 0.137 e. The minimum absolute atomic E-state index is 0.960. The zero-order valence-corrected chi connectivity index (χ0v) is 11.6. The van der Waals surface area contributed by atoms with E-state index in [0.29, 0.717) is 0 Å². The van der Waals surface area contributed by atoms with Crippen LogP contribution in [0, 0.1) is 6.92 Å². The van der Waals surface area contributed by atoms with Crippen LogP contribution in [-0.2, 0) is 12.8 Å². The van der Waals surface area contributed by atoms with Crippen LogP contribution in [0.5, 0.6) is 0 Å². The van der Waals surface area contributed by atoms with E-state index in [1.54, 1.807) is 0 Å². The van der Waals surface area contributed by atoms with Gasteiger partial charge in [0.1, 0.15) is 5.65 Å². The zero-order valence-electron chi connectivity index (χ0n) is 11.6. The molecule has 0 aliphatic heterocycles. The largest absolute Gasteiger partial charge is 0.398 e. The van der Waals surface area contributed by atoms with Gasteiger partial charge in [-0.15, -0.1) is 0 Å². The zero-order chi connectivity index (χ0) is 13.7. The fourth-order valence-corrected chi connectivity index (χ4v) is 3.38. The van der Waals surface area contributed by atoms with E-state index in [9.17, 15) is 0 Å². The SMILES string of the molecule is Cc1cc2c(c(N)c1-c1ccn3ccnc3c1)CCC2. The number of hydrogen-bond donors (Lipinski definition) is 1. The van der Waals surface area contributed by atoms with Crippen LogP contribution in [0.15, 0.2) is 36.8 Å². The van der Waals surface area contributed by atoms with Crippen molar-refractivity contribution in [3.05, 3.63) is 53.5 Å². The summed E-state index contributed by atoms with van der Waals surface area (Å²) in [6.07, 6.45) is 9.32. The molecule has 0 atom stereocenters. The lowest BCUT2D eigenvalue weighted by Crippen LogP contribution is -2.00. The van der Waals surface area contributed by atoms with Crippen LogP contribution in [0.25, 0.3) is 16.8 Å². The molecule has 3 heteroatoms. The van der Waals surface area contributed by atoms with Crippen molar-refractivity contribution in [3.63, 3.8) is 0 Å². The molecule has 3 nitrogen and oxygen atoms in total. The van der Waals surface area contributed by atoms with Gasteiger partial charge in [-0.05, 0) is 60.6 Å². The van der Waals surface area contributed by atoms with Crippen molar-refractivity contribution in [3.8, 4) is 11.1 Å². The maximum absolute atomic E-state index is 6.46. The molecule has 1 aliphatic carbocycles. The number of nitrogens with zero attached hydrogens (tertiary/aromatic N) is 2. The van der Waals surface area contributed by atoms with Crippen molar-refractivity contribution in [1.82, 2.24) is 9.38 Å². The Morgan fingerprint density at radius 3 is 3.00 bits per heavy atom. The molecule has 0 unspecified atom stereocenters. The van der Waals surface area contributed by atoms with Crippen molar-refractivity contribution in [1.29, 1.82) is 0 Å². The number of anilines is 1. The predicted molar refractivity (Wildman–Crippen MR) is 81.8 cm³/mol. The number of nitrogen functional groups attached to an aromatic ring is 1. The first-order valence-corrected chi connectivity index (χ1v) is 7.08. The van der Waals surface area contributed by atoms with Crippen LogP contribution in [-0.4, -0.2) is 9.38 Å². The van der Waals surface area contributed by atoms with Crippen LogP contribution < -0.4 is 5.73 Å². The first kappa shape index (κ1) is 11.5. The average molecular weight is 263 g/mol. The summed E-state index contributed by atoms with van der Waals surface area (Å²) in [6.45, 7) is 2.15. The predicted octanol–water partition coefficient (Wildman–Crippen LogP) is 3.38. The smallest absolute Gasteiger partial charge is 0.137 e. The second-order valence-corrected chi connectivity index (χ2v) is 5.58. The minimum Gasteiger partial charge on any atom is -0.398 e. The second kappa shape index (κ2) is 4.10. The molecule has 20 heavy (non-hydrogen) atoms. The van der Waals surface area contributed by atoms with Gasteiger partial charge in [-0.1, -0.05) is 6.07 Å². The number of aromatic nitrogens is 2. The molecule has 100 valence electrons. The Balaban J connectivity index is 1.97. The van der Waals surface area contributed by atoms with Crippen molar-refractivity contribution < 1.29 is 0 Å². The summed E-state index contributed by atoms with van der Waals surface area (Å²) in [5, 5.41) is 0. The molecular formula is C17H17N3. The number of pyridine rings is 1. The van der Waals surface area contributed by atoms with Gasteiger partial charge in [0.05, 0.1) is 0 Å². The number of imidazole rings is 1. The molecule has 2 N–H and O–H groups in total. The van der Waals surface area contributed by atoms with E-state index >= 15 is 0 Å². The van der Waals surface area contributed by atoms with Gasteiger partial charge in [0.2, 0.25) is 0 Å². The van der Waals surface area contributed by atoms with Gasteiger partial charge in [-0.25, -0.2) is 4.98 Å². The summed E-state index contributed by atoms with van der Waals surface area (Å²) >= 11 is 0. The molecule has 0 saturated heterocycles. The molecule has 4 rings (SSSR count). The highest BCUT2D eigenvalue weighted by Crippen LogP contribution is 2.38. The summed E-state index contributed by atoms with van der Waals surface area (Å²) in [4.78, 5) is 4.36. The lowest BCUT2D eigenvalue weighted by molar-refractivity contribution is 0.912. The van der Waals surface area contributed by atoms with Crippen molar-refractivity contribution in [2.24, 2.45) is 0 Å². The molecular weight excluding hydrogens is 246 g/mol. The third kappa shape index (κ3) is 1.56. The van der Waals surface area contributed by atoms with E-state index in [0.717, 1.165) is 23.3 Å². The molecule has 0 bridgehead atoms. The van der Waals surface area contributed by atoms with Crippen molar-refractivity contribution in [2.45, 2.75) is 26.2 Å². The average Bonchev–Trinajstić information content (AvgIpc) is 3.06. The van der Waals surface area contributed by atoms with Crippen LogP contribution in [0.3, 0.4) is 0 Å². The molecule has 0 spiro atoms.